The maximum Gasteiger partial charge on any atom is 0.326 e. The van der Waals surface area contributed by atoms with Gasteiger partial charge in [-0.1, -0.05) is 36.4 Å². The van der Waals surface area contributed by atoms with E-state index in [1.165, 1.54) is 0 Å². The van der Waals surface area contributed by atoms with Gasteiger partial charge in [-0.25, -0.2) is 4.79 Å². The minimum absolute atomic E-state index is 0.244. The van der Waals surface area contributed by atoms with Gasteiger partial charge in [0.05, 0.1) is 5.69 Å². The van der Waals surface area contributed by atoms with Crippen molar-refractivity contribution in [1.29, 1.82) is 0 Å². The summed E-state index contributed by atoms with van der Waals surface area (Å²) in [6, 6.07) is 14.1. The van der Waals surface area contributed by atoms with Crippen molar-refractivity contribution in [3.05, 3.63) is 66.0 Å². The molecule has 0 saturated heterocycles. The van der Waals surface area contributed by atoms with E-state index in [2.05, 4.69) is 10.3 Å². The lowest BCUT2D eigenvalue weighted by molar-refractivity contribution is -0.141. The fraction of sp³-hybridized carbons (Fsp3) is 0.278. The molecular weight excluding hydrogens is 324 g/mol. The topological polar surface area (TPSA) is 79.3 Å². The first-order valence-corrected chi connectivity index (χ1v) is 8.84. The highest BCUT2D eigenvalue weighted by atomic mass is 32.2. The minimum atomic E-state index is -1.02. The highest BCUT2D eigenvalue weighted by Gasteiger charge is 2.20. The molecule has 24 heavy (non-hydrogen) atoms. The third kappa shape index (κ3) is 6.42. The van der Waals surface area contributed by atoms with Crippen LogP contribution in [0.1, 0.15) is 17.7 Å². The molecule has 2 aromatic rings. The summed E-state index contributed by atoms with van der Waals surface area (Å²) < 4.78 is 0. The zero-order valence-corrected chi connectivity index (χ0v) is 14.0. The molecule has 0 radical (unpaired) electrons. The summed E-state index contributed by atoms with van der Waals surface area (Å²) in [6.45, 7) is 0. The monoisotopic (exact) mass is 344 g/mol. The van der Waals surface area contributed by atoms with Gasteiger partial charge < -0.3 is 10.4 Å². The molecule has 0 aliphatic carbocycles. The number of benzene rings is 1. The predicted molar refractivity (Wildman–Crippen MR) is 94.7 cm³/mol. The van der Waals surface area contributed by atoms with Gasteiger partial charge in [0.25, 0.3) is 0 Å². The molecule has 5 nitrogen and oxygen atoms in total. The minimum Gasteiger partial charge on any atom is -0.480 e. The Hall–Kier alpha value is -2.34. The highest BCUT2D eigenvalue weighted by Crippen LogP contribution is 2.11. The molecule has 6 heteroatoms. The van der Waals surface area contributed by atoms with E-state index in [1.807, 2.05) is 48.5 Å². The number of hydrogen-bond donors (Lipinski definition) is 2. The Morgan fingerprint density at radius 1 is 1.12 bits per heavy atom. The molecule has 2 rings (SSSR count). The average Bonchev–Trinajstić information content (AvgIpc) is 2.60. The summed E-state index contributed by atoms with van der Waals surface area (Å²) >= 11 is 1.60. The predicted octanol–water partition coefficient (Wildman–Crippen LogP) is 2.52. The van der Waals surface area contributed by atoms with Gasteiger partial charge in [0.1, 0.15) is 6.04 Å². The highest BCUT2D eigenvalue weighted by molar-refractivity contribution is 7.98. The van der Waals surface area contributed by atoms with Crippen molar-refractivity contribution in [2.24, 2.45) is 0 Å². The molecule has 0 unspecified atom stereocenters. The summed E-state index contributed by atoms with van der Waals surface area (Å²) in [5.74, 6) is 0.0980. The van der Waals surface area contributed by atoms with Crippen molar-refractivity contribution in [2.75, 3.05) is 5.75 Å². The molecule has 0 aliphatic heterocycles. The van der Waals surface area contributed by atoms with Crippen LogP contribution in [0.5, 0.6) is 0 Å². The van der Waals surface area contributed by atoms with Gasteiger partial charge in [0.15, 0.2) is 0 Å². The van der Waals surface area contributed by atoms with Gasteiger partial charge in [-0.2, -0.15) is 11.8 Å². The number of pyridine rings is 1. The molecule has 126 valence electrons. The van der Waals surface area contributed by atoms with E-state index < -0.39 is 12.0 Å². The Morgan fingerprint density at radius 3 is 2.54 bits per heavy atom. The number of hydrogen-bond acceptors (Lipinski definition) is 4. The number of carbonyl (C=O) groups is 2. The molecule has 1 atom stereocenters. The van der Waals surface area contributed by atoms with Crippen LogP contribution in [0.4, 0.5) is 0 Å². The first kappa shape index (κ1) is 18.0. The second-order valence-electron chi connectivity index (χ2n) is 5.27. The Balaban J connectivity index is 1.73. The Bertz CT molecular complexity index is 650. The number of carboxylic acids is 1. The molecule has 0 saturated carbocycles. The van der Waals surface area contributed by atoms with E-state index >= 15 is 0 Å². The number of thioether (sulfide) groups is 1. The number of nitrogens with one attached hydrogen (secondary N) is 1. The van der Waals surface area contributed by atoms with Crippen LogP contribution in [-0.4, -0.2) is 33.8 Å². The Morgan fingerprint density at radius 2 is 1.88 bits per heavy atom. The molecule has 0 aliphatic rings. The fourth-order valence-electron chi connectivity index (χ4n) is 2.14. The van der Waals surface area contributed by atoms with Gasteiger partial charge in [0, 0.05) is 30.5 Å². The second-order valence-corrected chi connectivity index (χ2v) is 6.38. The lowest BCUT2D eigenvalue weighted by atomic mass is 10.1. The van der Waals surface area contributed by atoms with Crippen LogP contribution in [0.2, 0.25) is 0 Å². The molecule has 2 N–H and O–H groups in total. The van der Waals surface area contributed by atoms with Crippen LogP contribution in [0.3, 0.4) is 0 Å². The maximum atomic E-state index is 12.0. The van der Waals surface area contributed by atoms with Crippen molar-refractivity contribution >= 4 is 23.6 Å². The lowest BCUT2D eigenvalue weighted by Gasteiger charge is -2.14. The summed E-state index contributed by atoms with van der Waals surface area (Å²) in [5, 5.41) is 11.9. The molecule has 0 spiro atoms. The van der Waals surface area contributed by atoms with E-state index in [0.29, 0.717) is 5.75 Å². The van der Waals surface area contributed by atoms with Crippen LogP contribution in [0, 0.1) is 0 Å². The normalized spacial score (nSPS) is 11.7. The quantitative estimate of drug-likeness (QED) is 0.683. The molecule has 0 fully saturated rings. The second kappa shape index (κ2) is 9.72. The zero-order valence-electron chi connectivity index (χ0n) is 13.2. The van der Waals surface area contributed by atoms with Crippen LogP contribution in [0.25, 0.3) is 0 Å². The Kier molecular flexibility index (Phi) is 7.29. The van der Waals surface area contributed by atoms with E-state index in [1.54, 1.807) is 18.0 Å². The van der Waals surface area contributed by atoms with Crippen LogP contribution >= 0.6 is 11.8 Å². The largest absolute Gasteiger partial charge is 0.480 e. The smallest absolute Gasteiger partial charge is 0.326 e. The van der Waals surface area contributed by atoms with Crippen LogP contribution in [0.15, 0.2) is 54.7 Å². The molecule has 1 heterocycles. The first-order valence-electron chi connectivity index (χ1n) is 7.69. The molecule has 1 aromatic heterocycles. The van der Waals surface area contributed by atoms with Gasteiger partial charge in [-0.05, 0) is 17.7 Å². The van der Waals surface area contributed by atoms with Crippen LogP contribution in [-0.2, 0) is 21.8 Å². The summed E-state index contributed by atoms with van der Waals surface area (Å²) in [4.78, 5) is 27.5. The number of aliphatic carboxylic acids is 1. The molecule has 1 aromatic carbocycles. The van der Waals surface area contributed by atoms with Crippen molar-refractivity contribution in [1.82, 2.24) is 10.3 Å². The maximum absolute atomic E-state index is 12.0. The zero-order chi connectivity index (χ0) is 17.2. The third-order valence-electron chi connectivity index (χ3n) is 3.37. The van der Waals surface area contributed by atoms with E-state index in [9.17, 15) is 14.7 Å². The summed E-state index contributed by atoms with van der Waals surface area (Å²) in [5.41, 5.74) is 1.85. The van der Waals surface area contributed by atoms with E-state index in [0.717, 1.165) is 17.0 Å². The summed E-state index contributed by atoms with van der Waals surface area (Å²) in [6.07, 6.45) is 2.31. The number of rotatable bonds is 9. The fourth-order valence-corrected chi connectivity index (χ4v) is 3.00. The number of carbonyl (C=O) groups excluding carboxylic acids is 1. The van der Waals surface area contributed by atoms with Gasteiger partial charge in [-0.15, -0.1) is 0 Å². The van der Waals surface area contributed by atoms with Crippen molar-refractivity contribution in [3.8, 4) is 0 Å². The van der Waals surface area contributed by atoms with Gasteiger partial charge >= 0.3 is 5.97 Å². The third-order valence-corrected chi connectivity index (χ3v) is 4.36. The molecule has 1 amide bonds. The SMILES string of the molecule is O=C(CCSCc1ccccn1)N[C@H](Cc1ccccc1)C(=O)O. The first-order chi connectivity index (χ1) is 11.6. The van der Waals surface area contributed by atoms with E-state index in [4.69, 9.17) is 0 Å². The van der Waals surface area contributed by atoms with Gasteiger partial charge in [-0.3, -0.25) is 9.78 Å². The standard InChI is InChI=1S/C18H20N2O3S/c21-17(9-11-24-13-15-8-4-5-10-19-15)20-16(18(22)23)12-14-6-2-1-3-7-14/h1-8,10,16H,9,11-13H2,(H,20,21)(H,22,23)/t16-/m1/s1. The van der Waals surface area contributed by atoms with Crippen molar-refractivity contribution < 1.29 is 14.7 Å². The van der Waals surface area contributed by atoms with Crippen molar-refractivity contribution in [2.45, 2.75) is 24.6 Å². The molecular formula is C18H20N2O3S. The number of carboxylic acid groups (broad SMARTS) is 1. The number of amides is 1. The average molecular weight is 344 g/mol. The van der Waals surface area contributed by atoms with Crippen LogP contribution < -0.4 is 5.32 Å². The van der Waals surface area contributed by atoms with Crippen molar-refractivity contribution in [3.63, 3.8) is 0 Å². The summed E-state index contributed by atoms with van der Waals surface area (Å²) in [7, 11) is 0. The lowest BCUT2D eigenvalue weighted by Crippen LogP contribution is -2.42. The van der Waals surface area contributed by atoms with E-state index in [-0.39, 0.29) is 18.7 Å². The van der Waals surface area contributed by atoms with Gasteiger partial charge in [0.2, 0.25) is 5.91 Å². The number of nitrogens with zero attached hydrogens (tertiary/aromatic N) is 1. The molecule has 0 bridgehead atoms. The Labute approximate surface area is 145 Å². The number of aromatic nitrogens is 1.